The van der Waals surface area contributed by atoms with Crippen molar-refractivity contribution in [1.82, 2.24) is 15.1 Å². The van der Waals surface area contributed by atoms with Crippen LogP contribution in [0.2, 0.25) is 0 Å². The number of rotatable bonds is 9. The summed E-state index contributed by atoms with van der Waals surface area (Å²) in [6.07, 6.45) is -5.38. The van der Waals surface area contributed by atoms with E-state index < -0.39 is 23.6 Å². The van der Waals surface area contributed by atoms with Crippen LogP contribution in [0.15, 0.2) is 54.6 Å². The summed E-state index contributed by atoms with van der Waals surface area (Å²) in [5.41, 5.74) is 1.54. The van der Waals surface area contributed by atoms with Crippen LogP contribution in [0.1, 0.15) is 35.1 Å². The van der Waals surface area contributed by atoms with Crippen LogP contribution in [-0.4, -0.2) is 65.7 Å². The van der Waals surface area contributed by atoms with Gasteiger partial charge in [-0.05, 0) is 29.7 Å². The van der Waals surface area contributed by atoms with Crippen molar-refractivity contribution in [3.63, 3.8) is 0 Å². The van der Waals surface area contributed by atoms with Crippen molar-refractivity contribution in [1.29, 1.82) is 0 Å². The van der Waals surface area contributed by atoms with Crippen molar-refractivity contribution in [3.8, 4) is 11.6 Å². The Morgan fingerprint density at radius 2 is 1.79 bits per heavy atom. The predicted molar refractivity (Wildman–Crippen MR) is 133 cm³/mol. The highest BCUT2D eigenvalue weighted by molar-refractivity contribution is 5.71. The van der Waals surface area contributed by atoms with Gasteiger partial charge in [-0.3, -0.25) is 15.2 Å². The van der Waals surface area contributed by atoms with E-state index >= 15 is 0 Å². The molecule has 1 saturated heterocycles. The molecule has 1 aromatic heterocycles. The van der Waals surface area contributed by atoms with Gasteiger partial charge in [-0.2, -0.15) is 13.2 Å². The number of nitro groups is 1. The van der Waals surface area contributed by atoms with Crippen LogP contribution < -0.4 is 9.47 Å². The largest absolute Gasteiger partial charge is 0.474 e. The van der Waals surface area contributed by atoms with E-state index in [1.807, 2.05) is 0 Å². The van der Waals surface area contributed by atoms with Crippen LogP contribution in [0.25, 0.3) is 0 Å². The molecule has 0 radical (unpaired) electrons. The molecule has 2 heterocycles. The summed E-state index contributed by atoms with van der Waals surface area (Å²) in [7, 11) is 1.56. The normalized spacial score (nSPS) is 17.6. The fraction of sp³-hybridized carbons (Fsp3) is 0.385. The molecule has 0 saturated carbocycles. The Morgan fingerprint density at radius 1 is 1.10 bits per heavy atom. The van der Waals surface area contributed by atoms with Crippen molar-refractivity contribution in [3.05, 3.63) is 81.5 Å². The summed E-state index contributed by atoms with van der Waals surface area (Å²) in [6, 6.07) is 13.1. The molecule has 4 rings (SSSR count). The van der Waals surface area contributed by atoms with Gasteiger partial charge in [-0.15, -0.1) is 5.10 Å². The van der Waals surface area contributed by atoms with Gasteiger partial charge in [-0.25, -0.2) is 4.79 Å². The number of carbonyl (C=O) groups is 1. The zero-order valence-electron chi connectivity index (χ0n) is 21.0. The Labute approximate surface area is 221 Å². The highest BCUT2D eigenvalue weighted by Crippen LogP contribution is 2.37. The number of nitrogens with one attached hydrogen (secondary N) is 1. The average Bonchev–Trinajstić information content (AvgIpc) is 3.37. The predicted octanol–water partition coefficient (Wildman–Crippen LogP) is 5.22. The minimum Gasteiger partial charge on any atom is -0.474 e. The van der Waals surface area contributed by atoms with Gasteiger partial charge in [0.15, 0.2) is 0 Å². The van der Waals surface area contributed by atoms with Crippen LogP contribution in [0.5, 0.6) is 11.6 Å². The van der Waals surface area contributed by atoms with Gasteiger partial charge in [0, 0.05) is 55.9 Å². The van der Waals surface area contributed by atoms with Gasteiger partial charge in [-0.1, -0.05) is 24.3 Å². The number of benzene rings is 2. The molecule has 2 unspecified atom stereocenters. The number of piperidine rings is 1. The Bertz CT molecular complexity index is 1260. The molecule has 3 aromatic rings. The third-order valence-corrected chi connectivity index (χ3v) is 6.37. The first-order chi connectivity index (χ1) is 18.6. The molecule has 0 spiro atoms. The van der Waals surface area contributed by atoms with Gasteiger partial charge in [0.1, 0.15) is 12.4 Å². The van der Waals surface area contributed by atoms with E-state index in [-0.39, 0.29) is 41.9 Å². The van der Waals surface area contributed by atoms with Gasteiger partial charge >= 0.3 is 12.3 Å². The minimum absolute atomic E-state index is 0.135. The third-order valence-electron chi connectivity index (χ3n) is 6.37. The highest BCUT2D eigenvalue weighted by atomic mass is 19.4. The van der Waals surface area contributed by atoms with Crippen LogP contribution in [0, 0.1) is 10.1 Å². The number of nitrogens with zero attached hydrogens (tertiary/aromatic N) is 3. The Kier molecular flexibility index (Phi) is 8.69. The summed E-state index contributed by atoms with van der Waals surface area (Å²) < 4.78 is 54.4. The number of alkyl halides is 3. The first kappa shape index (κ1) is 27.9. The molecule has 2 aromatic carbocycles. The molecule has 1 fully saturated rings. The Morgan fingerprint density at radius 3 is 2.44 bits per heavy atom. The number of ether oxygens (including phenoxy) is 3. The number of methoxy groups -OCH3 is 1. The quantitative estimate of drug-likeness (QED) is 0.221. The first-order valence-electron chi connectivity index (χ1n) is 12.1. The number of hydrogen-bond donors (Lipinski definition) is 1. The van der Waals surface area contributed by atoms with Crippen molar-refractivity contribution < 1.29 is 37.1 Å². The molecule has 13 heteroatoms. The lowest BCUT2D eigenvalue weighted by Gasteiger charge is -2.37. The lowest BCUT2D eigenvalue weighted by molar-refractivity contribution is -0.384. The topological polar surface area (TPSA) is 120 Å². The Hall–Kier alpha value is -4.13. The van der Waals surface area contributed by atoms with Crippen LogP contribution in [0.4, 0.5) is 23.7 Å². The summed E-state index contributed by atoms with van der Waals surface area (Å²) in [4.78, 5) is 25.0. The number of non-ortho nitro benzene ring substituents is 1. The average molecular weight is 549 g/mol. The molecule has 1 amide bonds. The molecular formula is C26H27F3N4O6. The number of nitro benzene ring substituents is 1. The highest BCUT2D eigenvalue weighted by Gasteiger charge is 2.34. The summed E-state index contributed by atoms with van der Waals surface area (Å²) in [6.45, 7) is 1.26. The molecule has 1 aliphatic rings. The molecular weight excluding hydrogens is 521 g/mol. The van der Waals surface area contributed by atoms with Crippen LogP contribution in [-0.2, 0) is 11.2 Å². The second-order valence-electron chi connectivity index (χ2n) is 9.19. The number of H-pyrrole nitrogens is 1. The number of amides is 1. The first-order valence-corrected chi connectivity index (χ1v) is 12.1. The number of aromatic nitrogens is 2. The standard InChI is InChI=1S/C26H27F3N4O6/c1-37-10-11-38-24-13-23(30-31-24)20-12-19(18-4-2-17(3-5-18)14-26(27,28)29)15-32(16-20)25(34)39-22-8-6-21(7-9-22)33(35)36/h2-9,13,19-20H,10-12,14-16H2,1H3,(H,30,31). The lowest BCUT2D eigenvalue weighted by Crippen LogP contribution is -2.44. The fourth-order valence-electron chi connectivity index (χ4n) is 4.49. The molecule has 39 heavy (non-hydrogen) atoms. The summed E-state index contributed by atoms with van der Waals surface area (Å²) in [5, 5.41) is 18.0. The van der Waals surface area contributed by atoms with E-state index in [9.17, 15) is 28.1 Å². The third kappa shape index (κ3) is 7.69. The van der Waals surface area contributed by atoms with Crippen molar-refractivity contribution >= 4 is 11.8 Å². The van der Waals surface area contributed by atoms with Crippen LogP contribution in [0.3, 0.4) is 0 Å². The number of aromatic amines is 1. The molecule has 0 bridgehead atoms. The van der Waals surface area contributed by atoms with E-state index in [0.717, 1.165) is 11.3 Å². The van der Waals surface area contributed by atoms with E-state index in [1.54, 1.807) is 25.3 Å². The molecule has 208 valence electrons. The number of likely N-dealkylation sites (tertiary alicyclic amines) is 1. The molecule has 1 N–H and O–H groups in total. The van der Waals surface area contributed by atoms with Gasteiger partial charge < -0.3 is 19.1 Å². The van der Waals surface area contributed by atoms with E-state index in [2.05, 4.69) is 10.2 Å². The molecule has 1 aliphatic heterocycles. The monoisotopic (exact) mass is 548 g/mol. The fourth-order valence-corrected chi connectivity index (χ4v) is 4.49. The van der Waals surface area contributed by atoms with Crippen molar-refractivity contribution in [2.45, 2.75) is 30.9 Å². The number of carbonyl (C=O) groups excluding carboxylic acids is 1. The van der Waals surface area contributed by atoms with Crippen molar-refractivity contribution in [2.75, 3.05) is 33.4 Å². The maximum absolute atomic E-state index is 13.1. The lowest BCUT2D eigenvalue weighted by atomic mass is 9.83. The SMILES string of the molecule is COCCOc1cc(C2CC(c3ccc(CC(F)(F)F)cc3)CN(C(=O)Oc3ccc([N+](=O)[O-])cc3)C2)[nH]n1. The van der Waals surface area contributed by atoms with E-state index in [0.29, 0.717) is 25.5 Å². The maximum Gasteiger partial charge on any atom is 0.415 e. The zero-order chi connectivity index (χ0) is 28.0. The second kappa shape index (κ2) is 12.2. The molecule has 2 atom stereocenters. The van der Waals surface area contributed by atoms with Gasteiger partial charge in [0.2, 0.25) is 5.88 Å². The number of halogens is 3. The smallest absolute Gasteiger partial charge is 0.415 e. The number of hydrogen-bond acceptors (Lipinski definition) is 7. The van der Waals surface area contributed by atoms with Gasteiger partial charge in [0.05, 0.1) is 18.0 Å². The minimum atomic E-state index is -4.31. The van der Waals surface area contributed by atoms with E-state index in [4.69, 9.17) is 14.2 Å². The molecule has 0 aliphatic carbocycles. The van der Waals surface area contributed by atoms with E-state index in [1.165, 1.54) is 41.3 Å². The zero-order valence-corrected chi connectivity index (χ0v) is 21.0. The maximum atomic E-state index is 13.1. The van der Waals surface area contributed by atoms with Crippen LogP contribution >= 0.6 is 0 Å². The summed E-state index contributed by atoms with van der Waals surface area (Å²) >= 11 is 0. The van der Waals surface area contributed by atoms with Crippen molar-refractivity contribution in [2.24, 2.45) is 0 Å². The Balaban J connectivity index is 1.53. The second-order valence-corrected chi connectivity index (χ2v) is 9.19. The van der Waals surface area contributed by atoms with Gasteiger partial charge in [0.25, 0.3) is 5.69 Å². The molecule has 10 nitrogen and oxygen atoms in total. The summed E-state index contributed by atoms with van der Waals surface area (Å²) in [5.74, 6) is 0.126.